The topological polar surface area (TPSA) is 29.9 Å². The van der Waals surface area contributed by atoms with E-state index >= 15 is 0 Å². The molecule has 0 atom stereocenters. The number of nitrogens with zero attached hydrogens (tertiary/aromatic N) is 2. The zero-order valence-corrected chi connectivity index (χ0v) is 9.20. The molecule has 0 fully saturated rings. The number of hydrogen-bond donors (Lipinski definition) is 1. The minimum atomic E-state index is 0.741. The van der Waals surface area contributed by atoms with Crippen LogP contribution in [0.1, 0.15) is 5.69 Å². The predicted octanol–water partition coefficient (Wildman–Crippen LogP) is 2.69. The van der Waals surface area contributed by atoms with Gasteiger partial charge < -0.3 is 9.88 Å². The van der Waals surface area contributed by atoms with Crippen LogP contribution in [0.15, 0.2) is 36.8 Å². The first-order valence-electron chi connectivity index (χ1n) is 4.70. The van der Waals surface area contributed by atoms with E-state index in [2.05, 4.69) is 10.3 Å². The van der Waals surface area contributed by atoms with Crippen LogP contribution in [0.4, 0.5) is 5.69 Å². The standard InChI is InChI=1S/C11H12ClN3/c1-15-8-13-6-11(15)7-14-10-4-2-3-9(12)5-10/h2-6,8,14H,7H2,1H3. The number of hydrogen-bond acceptors (Lipinski definition) is 2. The molecule has 0 saturated carbocycles. The van der Waals surface area contributed by atoms with Gasteiger partial charge in [0, 0.05) is 24.0 Å². The summed E-state index contributed by atoms with van der Waals surface area (Å²) in [6, 6.07) is 7.67. The highest BCUT2D eigenvalue weighted by molar-refractivity contribution is 6.30. The summed E-state index contributed by atoms with van der Waals surface area (Å²) in [5.41, 5.74) is 2.15. The molecular formula is C11H12ClN3. The molecule has 1 N–H and O–H groups in total. The molecule has 1 aromatic carbocycles. The first-order valence-corrected chi connectivity index (χ1v) is 5.08. The summed E-state index contributed by atoms with van der Waals surface area (Å²) >= 11 is 5.88. The predicted molar refractivity (Wildman–Crippen MR) is 62.0 cm³/mol. The summed E-state index contributed by atoms with van der Waals surface area (Å²) < 4.78 is 1.98. The van der Waals surface area contributed by atoms with E-state index in [-0.39, 0.29) is 0 Å². The van der Waals surface area contributed by atoms with Gasteiger partial charge >= 0.3 is 0 Å². The molecule has 0 bridgehead atoms. The van der Waals surface area contributed by atoms with Crippen molar-refractivity contribution in [3.05, 3.63) is 47.5 Å². The van der Waals surface area contributed by atoms with Crippen LogP contribution >= 0.6 is 11.6 Å². The van der Waals surface area contributed by atoms with Gasteiger partial charge in [-0.2, -0.15) is 0 Å². The molecule has 0 unspecified atom stereocenters. The van der Waals surface area contributed by atoms with Crippen LogP contribution in [0.3, 0.4) is 0 Å². The Hall–Kier alpha value is -1.48. The van der Waals surface area contributed by atoms with Crippen molar-refractivity contribution in [2.75, 3.05) is 5.32 Å². The SMILES string of the molecule is Cn1cncc1CNc1cccc(Cl)c1. The monoisotopic (exact) mass is 221 g/mol. The van der Waals surface area contributed by atoms with E-state index in [4.69, 9.17) is 11.6 Å². The first-order chi connectivity index (χ1) is 7.25. The van der Waals surface area contributed by atoms with Crippen LogP contribution < -0.4 is 5.32 Å². The maximum atomic E-state index is 5.88. The lowest BCUT2D eigenvalue weighted by molar-refractivity contribution is 0.837. The largest absolute Gasteiger partial charge is 0.379 e. The molecule has 78 valence electrons. The molecule has 4 heteroatoms. The molecule has 0 aliphatic carbocycles. The summed E-state index contributed by atoms with van der Waals surface area (Å²) in [6.45, 7) is 0.747. The van der Waals surface area contributed by atoms with Gasteiger partial charge in [-0.05, 0) is 18.2 Å². The first kappa shape index (κ1) is 10.1. The lowest BCUT2D eigenvalue weighted by Crippen LogP contribution is -2.03. The number of anilines is 1. The molecule has 0 aliphatic heterocycles. The molecule has 2 aromatic rings. The molecule has 2 rings (SSSR count). The van der Waals surface area contributed by atoms with E-state index in [0.717, 1.165) is 22.9 Å². The van der Waals surface area contributed by atoms with Gasteiger partial charge in [0.05, 0.1) is 18.6 Å². The summed E-state index contributed by atoms with van der Waals surface area (Å²) in [5.74, 6) is 0. The van der Waals surface area contributed by atoms with Crippen LogP contribution in [0.5, 0.6) is 0 Å². The molecule has 15 heavy (non-hydrogen) atoms. The van der Waals surface area contributed by atoms with Crippen molar-refractivity contribution in [2.24, 2.45) is 7.05 Å². The minimum Gasteiger partial charge on any atom is -0.379 e. The van der Waals surface area contributed by atoms with Gasteiger partial charge in [0.15, 0.2) is 0 Å². The fraction of sp³-hybridized carbons (Fsp3) is 0.182. The van der Waals surface area contributed by atoms with Gasteiger partial charge in [0.1, 0.15) is 0 Å². The highest BCUT2D eigenvalue weighted by atomic mass is 35.5. The van der Waals surface area contributed by atoms with Crippen molar-refractivity contribution in [3.63, 3.8) is 0 Å². The van der Waals surface area contributed by atoms with Gasteiger partial charge in [0.2, 0.25) is 0 Å². The van der Waals surface area contributed by atoms with Gasteiger partial charge in [-0.15, -0.1) is 0 Å². The van der Waals surface area contributed by atoms with Crippen LogP contribution in [-0.4, -0.2) is 9.55 Å². The van der Waals surface area contributed by atoms with Crippen molar-refractivity contribution >= 4 is 17.3 Å². The summed E-state index contributed by atoms with van der Waals surface area (Å²) in [6.07, 6.45) is 3.63. The van der Waals surface area contributed by atoms with E-state index in [1.165, 1.54) is 0 Å². The molecule has 0 aliphatic rings. The van der Waals surface area contributed by atoms with Gasteiger partial charge in [-0.1, -0.05) is 17.7 Å². The Labute approximate surface area is 93.7 Å². The normalized spacial score (nSPS) is 10.3. The van der Waals surface area contributed by atoms with Crippen molar-refractivity contribution in [2.45, 2.75) is 6.54 Å². The number of halogens is 1. The number of aryl methyl sites for hydroxylation is 1. The van der Waals surface area contributed by atoms with Crippen LogP contribution in [-0.2, 0) is 13.6 Å². The maximum Gasteiger partial charge on any atom is 0.0946 e. The quantitative estimate of drug-likeness (QED) is 0.864. The zero-order valence-electron chi connectivity index (χ0n) is 8.44. The number of rotatable bonds is 3. The van der Waals surface area contributed by atoms with Crippen LogP contribution in [0.2, 0.25) is 5.02 Å². The number of benzene rings is 1. The maximum absolute atomic E-state index is 5.88. The Balaban J connectivity index is 2.02. The zero-order chi connectivity index (χ0) is 10.7. The Bertz CT molecular complexity index is 451. The van der Waals surface area contributed by atoms with E-state index in [9.17, 15) is 0 Å². The second-order valence-electron chi connectivity index (χ2n) is 3.36. The van der Waals surface area contributed by atoms with Crippen molar-refractivity contribution < 1.29 is 0 Å². The summed E-state index contributed by atoms with van der Waals surface area (Å²) in [5, 5.41) is 4.02. The second-order valence-corrected chi connectivity index (χ2v) is 3.80. The summed E-state index contributed by atoms with van der Waals surface area (Å²) in [7, 11) is 1.97. The van der Waals surface area contributed by atoms with Gasteiger partial charge in [-0.25, -0.2) is 4.98 Å². The Morgan fingerprint density at radius 2 is 2.33 bits per heavy atom. The fourth-order valence-electron chi connectivity index (χ4n) is 1.35. The average Bonchev–Trinajstić information content (AvgIpc) is 2.61. The Morgan fingerprint density at radius 3 is 3.00 bits per heavy atom. The van der Waals surface area contributed by atoms with Crippen molar-refractivity contribution in [3.8, 4) is 0 Å². The van der Waals surface area contributed by atoms with E-state index in [1.807, 2.05) is 42.1 Å². The van der Waals surface area contributed by atoms with Gasteiger partial charge in [-0.3, -0.25) is 0 Å². The lowest BCUT2D eigenvalue weighted by atomic mass is 10.3. The molecule has 1 heterocycles. The highest BCUT2D eigenvalue weighted by Gasteiger charge is 1.98. The number of nitrogens with one attached hydrogen (secondary N) is 1. The number of imidazole rings is 1. The lowest BCUT2D eigenvalue weighted by Gasteiger charge is -2.06. The Kier molecular flexibility index (Phi) is 2.92. The summed E-state index contributed by atoms with van der Waals surface area (Å²) in [4.78, 5) is 4.05. The second kappa shape index (κ2) is 4.36. The molecular weight excluding hydrogens is 210 g/mol. The van der Waals surface area contributed by atoms with Crippen LogP contribution in [0.25, 0.3) is 0 Å². The molecule has 3 nitrogen and oxygen atoms in total. The van der Waals surface area contributed by atoms with Crippen LogP contribution in [0, 0.1) is 0 Å². The van der Waals surface area contributed by atoms with E-state index in [1.54, 1.807) is 6.33 Å². The molecule has 0 saturated heterocycles. The Morgan fingerprint density at radius 1 is 1.47 bits per heavy atom. The van der Waals surface area contributed by atoms with Crippen molar-refractivity contribution in [1.29, 1.82) is 0 Å². The van der Waals surface area contributed by atoms with Gasteiger partial charge in [0.25, 0.3) is 0 Å². The minimum absolute atomic E-state index is 0.741. The number of aromatic nitrogens is 2. The molecule has 1 aromatic heterocycles. The molecule has 0 spiro atoms. The van der Waals surface area contributed by atoms with E-state index < -0.39 is 0 Å². The van der Waals surface area contributed by atoms with E-state index in [0.29, 0.717) is 0 Å². The third-order valence-corrected chi connectivity index (χ3v) is 2.45. The fourth-order valence-corrected chi connectivity index (χ4v) is 1.54. The third kappa shape index (κ3) is 2.50. The average molecular weight is 222 g/mol. The molecule has 0 amide bonds. The third-order valence-electron chi connectivity index (χ3n) is 2.21. The van der Waals surface area contributed by atoms with Crippen molar-refractivity contribution in [1.82, 2.24) is 9.55 Å². The highest BCUT2D eigenvalue weighted by Crippen LogP contribution is 2.15. The molecule has 0 radical (unpaired) electrons. The smallest absolute Gasteiger partial charge is 0.0946 e.